The average Bonchev–Trinajstić information content (AvgIpc) is 2.53. The summed E-state index contributed by atoms with van der Waals surface area (Å²) in [7, 11) is 0. The summed E-state index contributed by atoms with van der Waals surface area (Å²) < 4.78 is 0. The van der Waals surface area contributed by atoms with Gasteiger partial charge in [0, 0.05) is 19.1 Å². The number of aromatic carboxylic acids is 1. The minimum atomic E-state index is -0.823. The van der Waals surface area contributed by atoms with Gasteiger partial charge in [-0.2, -0.15) is 0 Å². The van der Waals surface area contributed by atoms with Crippen LogP contribution in [-0.2, 0) is 13.0 Å². The average molecular weight is 281 g/mol. The van der Waals surface area contributed by atoms with Crippen molar-refractivity contribution in [1.82, 2.24) is 4.90 Å². The number of hydrogen-bond acceptors (Lipinski definition) is 2. The van der Waals surface area contributed by atoms with Crippen LogP contribution in [0.25, 0.3) is 0 Å². The number of carbonyl (C=O) groups is 1. The molecule has 2 aromatic rings. The highest BCUT2D eigenvalue weighted by atomic mass is 16.4. The van der Waals surface area contributed by atoms with Crippen LogP contribution in [0, 0.1) is 0 Å². The highest BCUT2D eigenvalue weighted by molar-refractivity contribution is 5.89. The maximum atomic E-state index is 11.3. The van der Waals surface area contributed by atoms with Crippen LogP contribution >= 0.6 is 0 Å². The topological polar surface area (TPSA) is 40.5 Å². The third-order valence-electron chi connectivity index (χ3n) is 4.36. The molecule has 0 radical (unpaired) electrons. The molecule has 0 saturated carbocycles. The van der Waals surface area contributed by atoms with E-state index >= 15 is 0 Å². The highest BCUT2D eigenvalue weighted by Gasteiger charge is 2.24. The molecular weight excluding hydrogens is 262 g/mol. The molecule has 2 aromatic carbocycles. The van der Waals surface area contributed by atoms with E-state index in [1.165, 1.54) is 5.56 Å². The maximum Gasteiger partial charge on any atom is 0.335 e. The third kappa shape index (κ3) is 2.69. The van der Waals surface area contributed by atoms with Crippen LogP contribution in [0.5, 0.6) is 0 Å². The Labute approximate surface area is 124 Å². The summed E-state index contributed by atoms with van der Waals surface area (Å²) in [6, 6.07) is 16.4. The van der Waals surface area contributed by atoms with Gasteiger partial charge in [0.1, 0.15) is 0 Å². The predicted molar refractivity (Wildman–Crippen MR) is 82.4 cm³/mol. The number of benzene rings is 2. The van der Waals surface area contributed by atoms with E-state index < -0.39 is 5.97 Å². The molecule has 1 aliphatic heterocycles. The number of fused-ring (bicyclic) bond motifs is 1. The largest absolute Gasteiger partial charge is 0.478 e. The van der Waals surface area contributed by atoms with Gasteiger partial charge in [-0.1, -0.05) is 42.5 Å². The Morgan fingerprint density at radius 1 is 1.14 bits per heavy atom. The van der Waals surface area contributed by atoms with Gasteiger partial charge in [0.05, 0.1) is 5.56 Å². The quantitative estimate of drug-likeness (QED) is 0.936. The van der Waals surface area contributed by atoms with Crippen LogP contribution in [0.1, 0.15) is 40.0 Å². The molecule has 1 aliphatic rings. The maximum absolute atomic E-state index is 11.3. The Balaban J connectivity index is 1.85. The fraction of sp³-hybridized carbons (Fsp3) is 0.278. The first kappa shape index (κ1) is 13.8. The SMILES string of the molecule is CC(c1ccccc1)N1CCc2c(cccc2C(=O)O)C1. The van der Waals surface area contributed by atoms with E-state index in [1.807, 2.05) is 18.2 Å². The molecular formula is C18H19NO2. The van der Waals surface area contributed by atoms with E-state index in [2.05, 4.69) is 36.1 Å². The van der Waals surface area contributed by atoms with E-state index in [0.29, 0.717) is 11.6 Å². The predicted octanol–water partition coefficient (Wildman–Crippen LogP) is 3.50. The van der Waals surface area contributed by atoms with Gasteiger partial charge >= 0.3 is 5.97 Å². The zero-order valence-electron chi connectivity index (χ0n) is 12.1. The van der Waals surface area contributed by atoms with Crippen LogP contribution in [-0.4, -0.2) is 22.5 Å². The fourth-order valence-corrected chi connectivity index (χ4v) is 3.10. The van der Waals surface area contributed by atoms with Gasteiger partial charge < -0.3 is 5.11 Å². The number of nitrogens with zero attached hydrogens (tertiary/aromatic N) is 1. The summed E-state index contributed by atoms with van der Waals surface area (Å²) in [6.45, 7) is 3.92. The van der Waals surface area contributed by atoms with Crippen LogP contribution in [0.3, 0.4) is 0 Å². The van der Waals surface area contributed by atoms with Gasteiger partial charge in [0.2, 0.25) is 0 Å². The molecule has 0 aliphatic carbocycles. The molecule has 0 saturated heterocycles. The van der Waals surface area contributed by atoms with Crippen molar-refractivity contribution in [2.45, 2.75) is 25.9 Å². The highest BCUT2D eigenvalue weighted by Crippen LogP contribution is 2.29. The van der Waals surface area contributed by atoms with Crippen molar-refractivity contribution in [3.63, 3.8) is 0 Å². The Morgan fingerprint density at radius 2 is 1.90 bits per heavy atom. The first-order valence-corrected chi connectivity index (χ1v) is 7.30. The van der Waals surface area contributed by atoms with Gasteiger partial charge in [0.15, 0.2) is 0 Å². The lowest BCUT2D eigenvalue weighted by Gasteiger charge is -2.34. The van der Waals surface area contributed by atoms with E-state index in [-0.39, 0.29) is 0 Å². The summed E-state index contributed by atoms with van der Waals surface area (Å²) in [4.78, 5) is 13.7. The summed E-state index contributed by atoms with van der Waals surface area (Å²) in [5.41, 5.74) is 3.90. The van der Waals surface area contributed by atoms with Crippen molar-refractivity contribution in [3.8, 4) is 0 Å². The molecule has 1 heterocycles. The molecule has 1 atom stereocenters. The molecule has 0 aromatic heterocycles. The van der Waals surface area contributed by atoms with E-state index in [1.54, 1.807) is 6.07 Å². The number of carboxylic acid groups (broad SMARTS) is 1. The van der Waals surface area contributed by atoms with Crippen molar-refractivity contribution in [1.29, 1.82) is 0 Å². The Hall–Kier alpha value is -2.13. The molecule has 0 bridgehead atoms. The van der Waals surface area contributed by atoms with Crippen molar-refractivity contribution in [2.75, 3.05) is 6.54 Å². The third-order valence-corrected chi connectivity index (χ3v) is 4.36. The second-order valence-electron chi connectivity index (χ2n) is 5.56. The van der Waals surface area contributed by atoms with Crippen molar-refractivity contribution in [2.24, 2.45) is 0 Å². The Bertz CT molecular complexity index is 652. The van der Waals surface area contributed by atoms with Gasteiger partial charge in [-0.3, -0.25) is 4.90 Å². The smallest absolute Gasteiger partial charge is 0.335 e. The zero-order valence-corrected chi connectivity index (χ0v) is 12.1. The van der Waals surface area contributed by atoms with Crippen molar-refractivity contribution < 1.29 is 9.90 Å². The summed E-state index contributed by atoms with van der Waals surface area (Å²) in [5, 5.41) is 9.28. The van der Waals surface area contributed by atoms with E-state index in [9.17, 15) is 9.90 Å². The van der Waals surface area contributed by atoms with Crippen LogP contribution in [0.2, 0.25) is 0 Å². The molecule has 0 amide bonds. The molecule has 3 rings (SSSR count). The van der Waals surface area contributed by atoms with Gasteiger partial charge in [-0.15, -0.1) is 0 Å². The molecule has 108 valence electrons. The number of rotatable bonds is 3. The summed E-state index contributed by atoms with van der Waals surface area (Å²) in [5.74, 6) is -0.823. The second-order valence-corrected chi connectivity index (χ2v) is 5.56. The lowest BCUT2D eigenvalue weighted by Crippen LogP contribution is -2.33. The lowest BCUT2D eigenvalue weighted by molar-refractivity contribution is 0.0694. The molecule has 3 heteroatoms. The lowest BCUT2D eigenvalue weighted by atomic mass is 9.93. The molecule has 3 nitrogen and oxygen atoms in total. The minimum Gasteiger partial charge on any atom is -0.478 e. The fourth-order valence-electron chi connectivity index (χ4n) is 3.10. The zero-order chi connectivity index (χ0) is 14.8. The summed E-state index contributed by atoms with van der Waals surface area (Å²) in [6.07, 6.45) is 0.801. The minimum absolute atomic E-state index is 0.341. The Kier molecular flexibility index (Phi) is 3.76. The molecule has 0 fully saturated rings. The van der Waals surface area contributed by atoms with Crippen LogP contribution < -0.4 is 0 Å². The molecule has 0 spiro atoms. The first-order chi connectivity index (χ1) is 10.2. The Morgan fingerprint density at radius 3 is 2.62 bits per heavy atom. The van der Waals surface area contributed by atoms with Crippen molar-refractivity contribution in [3.05, 3.63) is 70.8 Å². The summed E-state index contributed by atoms with van der Waals surface area (Å²) >= 11 is 0. The van der Waals surface area contributed by atoms with E-state index in [4.69, 9.17) is 0 Å². The monoisotopic (exact) mass is 281 g/mol. The number of hydrogen-bond donors (Lipinski definition) is 1. The van der Waals surface area contributed by atoms with Crippen molar-refractivity contribution >= 4 is 5.97 Å². The molecule has 1 unspecified atom stereocenters. The molecule has 1 N–H and O–H groups in total. The normalized spacial score (nSPS) is 16.2. The second kappa shape index (κ2) is 5.70. The van der Waals surface area contributed by atoms with E-state index in [0.717, 1.165) is 30.6 Å². The number of carboxylic acids is 1. The van der Waals surface area contributed by atoms with Gasteiger partial charge in [-0.25, -0.2) is 4.79 Å². The standard InChI is InChI=1S/C18H19NO2/c1-13(14-6-3-2-4-7-14)19-11-10-16-15(12-19)8-5-9-17(16)18(20)21/h2-9,13H,10-12H2,1H3,(H,20,21). The van der Waals surface area contributed by atoms with Gasteiger partial charge in [-0.05, 0) is 36.1 Å². The van der Waals surface area contributed by atoms with Crippen LogP contribution in [0.15, 0.2) is 48.5 Å². The first-order valence-electron chi connectivity index (χ1n) is 7.30. The molecule has 21 heavy (non-hydrogen) atoms. The van der Waals surface area contributed by atoms with Gasteiger partial charge in [0.25, 0.3) is 0 Å². The van der Waals surface area contributed by atoms with Crippen LogP contribution in [0.4, 0.5) is 0 Å².